The van der Waals surface area contributed by atoms with Crippen molar-refractivity contribution in [2.45, 2.75) is 19.8 Å². The van der Waals surface area contributed by atoms with Gasteiger partial charge in [0.25, 0.3) is 0 Å². The molecule has 1 saturated heterocycles. The molecule has 0 radical (unpaired) electrons. The van der Waals surface area contributed by atoms with Crippen LogP contribution in [-0.2, 0) is 0 Å². The van der Waals surface area contributed by atoms with Gasteiger partial charge in [0, 0.05) is 25.8 Å². The van der Waals surface area contributed by atoms with E-state index >= 15 is 0 Å². The molecule has 0 saturated carbocycles. The van der Waals surface area contributed by atoms with E-state index in [1.807, 2.05) is 17.0 Å². The van der Waals surface area contributed by atoms with Crippen LogP contribution in [0.15, 0.2) is 24.5 Å². The molecule has 0 unspecified atom stereocenters. The van der Waals surface area contributed by atoms with Gasteiger partial charge >= 0.3 is 6.03 Å². The monoisotopic (exact) mass is 262 g/mol. The van der Waals surface area contributed by atoms with Crippen molar-refractivity contribution < 1.29 is 4.79 Å². The van der Waals surface area contributed by atoms with Gasteiger partial charge in [-0.2, -0.15) is 0 Å². The van der Waals surface area contributed by atoms with Crippen molar-refractivity contribution in [3.63, 3.8) is 0 Å². The molecule has 19 heavy (non-hydrogen) atoms. The molecule has 5 nitrogen and oxygen atoms in total. The second-order valence-corrected chi connectivity index (χ2v) is 4.85. The number of carbonyl (C=O) groups is 1. The highest BCUT2D eigenvalue weighted by Gasteiger charge is 2.18. The number of aromatic nitrogens is 1. The number of anilines is 1. The number of amides is 2. The summed E-state index contributed by atoms with van der Waals surface area (Å²) in [5, 5.41) is 2.89. The molecule has 0 aliphatic carbocycles. The Balaban J connectivity index is 1.86. The number of carbonyl (C=O) groups excluding carboxylic acids is 1. The van der Waals surface area contributed by atoms with Crippen molar-refractivity contribution in [1.29, 1.82) is 0 Å². The molecule has 1 aliphatic heterocycles. The summed E-state index contributed by atoms with van der Waals surface area (Å²) < 4.78 is 0. The summed E-state index contributed by atoms with van der Waals surface area (Å²) in [5.74, 6) is 0. The standard InChI is InChI=1S/C14H22N4O/c1-2-7-17-8-4-9-18(11-10-17)14(19)16-13-5-3-6-15-12-13/h3,5-6,12H,2,4,7-11H2,1H3,(H,16,19). The average molecular weight is 262 g/mol. The summed E-state index contributed by atoms with van der Waals surface area (Å²) in [4.78, 5) is 20.5. The maximum atomic E-state index is 12.2. The van der Waals surface area contributed by atoms with Gasteiger partial charge in [0.05, 0.1) is 11.9 Å². The first-order valence-corrected chi connectivity index (χ1v) is 6.98. The maximum Gasteiger partial charge on any atom is 0.321 e. The topological polar surface area (TPSA) is 48.5 Å². The van der Waals surface area contributed by atoms with Crippen molar-refractivity contribution in [2.75, 3.05) is 38.0 Å². The van der Waals surface area contributed by atoms with Crippen molar-refractivity contribution in [3.05, 3.63) is 24.5 Å². The van der Waals surface area contributed by atoms with Gasteiger partial charge in [-0.05, 0) is 38.1 Å². The van der Waals surface area contributed by atoms with Crippen LogP contribution in [0.4, 0.5) is 10.5 Å². The minimum absolute atomic E-state index is 0.0219. The van der Waals surface area contributed by atoms with Gasteiger partial charge in [-0.15, -0.1) is 0 Å². The van der Waals surface area contributed by atoms with E-state index in [9.17, 15) is 4.79 Å². The first-order valence-electron chi connectivity index (χ1n) is 6.98. The second kappa shape index (κ2) is 7.09. The highest BCUT2D eigenvalue weighted by Crippen LogP contribution is 2.08. The van der Waals surface area contributed by atoms with Gasteiger partial charge in [-0.1, -0.05) is 6.92 Å². The third kappa shape index (κ3) is 4.21. The lowest BCUT2D eigenvalue weighted by molar-refractivity contribution is 0.211. The molecule has 2 heterocycles. The Morgan fingerprint density at radius 2 is 2.26 bits per heavy atom. The van der Waals surface area contributed by atoms with Crippen molar-refractivity contribution in [1.82, 2.24) is 14.8 Å². The van der Waals surface area contributed by atoms with E-state index in [0.717, 1.165) is 44.8 Å². The smallest absolute Gasteiger partial charge is 0.321 e. The Kier molecular flexibility index (Phi) is 5.15. The minimum atomic E-state index is -0.0219. The fourth-order valence-electron chi connectivity index (χ4n) is 2.35. The molecule has 1 fully saturated rings. The first kappa shape index (κ1) is 13.8. The number of hydrogen-bond acceptors (Lipinski definition) is 3. The number of hydrogen-bond donors (Lipinski definition) is 1. The molecule has 104 valence electrons. The van der Waals surface area contributed by atoms with Crippen LogP contribution in [0.3, 0.4) is 0 Å². The van der Waals surface area contributed by atoms with Crippen LogP contribution >= 0.6 is 0 Å². The molecule has 1 aliphatic rings. The predicted octanol–water partition coefficient (Wildman–Crippen LogP) is 2.03. The normalized spacial score (nSPS) is 17.0. The van der Waals surface area contributed by atoms with Gasteiger partial charge < -0.3 is 15.1 Å². The number of nitrogens with zero attached hydrogens (tertiary/aromatic N) is 3. The van der Waals surface area contributed by atoms with E-state index in [-0.39, 0.29) is 6.03 Å². The fourth-order valence-corrected chi connectivity index (χ4v) is 2.35. The van der Waals surface area contributed by atoms with Crippen LogP contribution in [0, 0.1) is 0 Å². The molecular weight excluding hydrogens is 240 g/mol. The van der Waals surface area contributed by atoms with Crippen LogP contribution in [0.1, 0.15) is 19.8 Å². The molecule has 1 N–H and O–H groups in total. The molecule has 0 bridgehead atoms. The van der Waals surface area contributed by atoms with Crippen LogP contribution in [0.5, 0.6) is 0 Å². The molecule has 1 aromatic heterocycles. The molecular formula is C14H22N4O. The molecule has 5 heteroatoms. The summed E-state index contributed by atoms with van der Waals surface area (Å²) >= 11 is 0. The number of rotatable bonds is 3. The second-order valence-electron chi connectivity index (χ2n) is 4.85. The zero-order chi connectivity index (χ0) is 13.5. The maximum absolute atomic E-state index is 12.2. The lowest BCUT2D eigenvalue weighted by Gasteiger charge is -2.22. The number of pyridine rings is 1. The van der Waals surface area contributed by atoms with Gasteiger partial charge in [0.15, 0.2) is 0 Å². The van der Waals surface area contributed by atoms with Crippen LogP contribution in [0.25, 0.3) is 0 Å². The summed E-state index contributed by atoms with van der Waals surface area (Å²) in [7, 11) is 0. The predicted molar refractivity (Wildman–Crippen MR) is 76.2 cm³/mol. The largest absolute Gasteiger partial charge is 0.323 e. The summed E-state index contributed by atoms with van der Waals surface area (Å²) in [6.07, 6.45) is 5.58. The molecule has 2 rings (SSSR count). The van der Waals surface area contributed by atoms with Crippen LogP contribution < -0.4 is 5.32 Å². The van der Waals surface area contributed by atoms with Gasteiger partial charge in [-0.3, -0.25) is 4.98 Å². The third-order valence-electron chi connectivity index (χ3n) is 3.33. The lowest BCUT2D eigenvalue weighted by atomic mass is 10.3. The van der Waals surface area contributed by atoms with E-state index in [1.54, 1.807) is 12.4 Å². The Bertz CT molecular complexity index is 396. The molecule has 0 atom stereocenters. The summed E-state index contributed by atoms with van der Waals surface area (Å²) in [6, 6.07) is 3.65. The molecule has 0 aromatic carbocycles. The van der Waals surface area contributed by atoms with Crippen molar-refractivity contribution >= 4 is 11.7 Å². The van der Waals surface area contributed by atoms with Gasteiger partial charge in [0.1, 0.15) is 0 Å². The number of urea groups is 1. The van der Waals surface area contributed by atoms with E-state index in [1.165, 1.54) is 6.42 Å². The third-order valence-corrected chi connectivity index (χ3v) is 3.33. The lowest BCUT2D eigenvalue weighted by Crippen LogP contribution is -2.38. The zero-order valence-electron chi connectivity index (χ0n) is 11.5. The zero-order valence-corrected chi connectivity index (χ0v) is 11.5. The fraction of sp³-hybridized carbons (Fsp3) is 0.571. The highest BCUT2D eigenvalue weighted by molar-refractivity contribution is 5.89. The van der Waals surface area contributed by atoms with E-state index in [2.05, 4.69) is 22.1 Å². The Hall–Kier alpha value is -1.62. The summed E-state index contributed by atoms with van der Waals surface area (Å²) in [5.41, 5.74) is 0.752. The number of nitrogens with one attached hydrogen (secondary N) is 1. The average Bonchev–Trinajstić information content (AvgIpc) is 2.66. The molecule has 0 spiro atoms. The Labute approximate surface area is 114 Å². The van der Waals surface area contributed by atoms with Gasteiger partial charge in [0.2, 0.25) is 0 Å². The van der Waals surface area contributed by atoms with Crippen LogP contribution in [0.2, 0.25) is 0 Å². The van der Waals surface area contributed by atoms with E-state index < -0.39 is 0 Å². The summed E-state index contributed by atoms with van der Waals surface area (Å²) in [6.45, 7) is 6.99. The van der Waals surface area contributed by atoms with E-state index in [0.29, 0.717) is 0 Å². The highest BCUT2D eigenvalue weighted by atomic mass is 16.2. The SMILES string of the molecule is CCCN1CCCN(C(=O)Nc2cccnc2)CC1. The van der Waals surface area contributed by atoms with Crippen molar-refractivity contribution in [2.24, 2.45) is 0 Å². The first-order chi connectivity index (χ1) is 9.29. The quantitative estimate of drug-likeness (QED) is 0.906. The Morgan fingerprint density at radius 1 is 1.37 bits per heavy atom. The Morgan fingerprint density at radius 3 is 3.00 bits per heavy atom. The van der Waals surface area contributed by atoms with E-state index in [4.69, 9.17) is 0 Å². The molecule has 1 aromatic rings. The minimum Gasteiger partial charge on any atom is -0.323 e. The van der Waals surface area contributed by atoms with Crippen molar-refractivity contribution in [3.8, 4) is 0 Å². The van der Waals surface area contributed by atoms with Gasteiger partial charge in [-0.25, -0.2) is 4.79 Å². The molecule has 2 amide bonds. The van der Waals surface area contributed by atoms with Crippen LogP contribution in [-0.4, -0.2) is 53.5 Å².